The van der Waals surface area contributed by atoms with Crippen molar-refractivity contribution >= 4 is 5.91 Å². The fraction of sp³-hybridized carbons (Fsp3) is 0.200. The van der Waals surface area contributed by atoms with Crippen LogP contribution in [0.4, 0.5) is 0 Å². The Hall–Kier alpha value is -3.08. The lowest BCUT2D eigenvalue weighted by atomic mass is 10.0. The van der Waals surface area contributed by atoms with Gasteiger partial charge in [-0.3, -0.25) is 9.89 Å². The van der Waals surface area contributed by atoms with Gasteiger partial charge >= 0.3 is 0 Å². The zero-order chi connectivity index (χ0) is 17.1. The molecule has 0 aliphatic carbocycles. The number of amides is 1. The lowest BCUT2D eigenvalue weighted by Gasteiger charge is -2.26. The molecular formula is C20H19N3O2. The van der Waals surface area contributed by atoms with E-state index in [9.17, 15) is 4.79 Å². The molecule has 0 saturated heterocycles. The second-order valence-corrected chi connectivity index (χ2v) is 6.13. The number of ether oxygens (including phenoxy) is 1. The van der Waals surface area contributed by atoms with Crippen LogP contribution in [-0.2, 0) is 6.42 Å². The van der Waals surface area contributed by atoms with Gasteiger partial charge in [0.05, 0.1) is 12.2 Å². The SMILES string of the molecule is O=C(NC[C@H]1CCc2ccccc2O1)c1cc(-c2ccccc2)n[nH]1. The summed E-state index contributed by atoms with van der Waals surface area (Å²) in [7, 11) is 0. The smallest absolute Gasteiger partial charge is 0.269 e. The van der Waals surface area contributed by atoms with Crippen molar-refractivity contribution in [2.24, 2.45) is 0 Å². The maximum atomic E-state index is 12.3. The molecule has 0 spiro atoms. The van der Waals surface area contributed by atoms with Crippen LogP contribution >= 0.6 is 0 Å². The molecule has 5 nitrogen and oxygen atoms in total. The molecule has 1 aliphatic rings. The zero-order valence-electron chi connectivity index (χ0n) is 13.7. The van der Waals surface area contributed by atoms with Crippen LogP contribution in [0.3, 0.4) is 0 Å². The van der Waals surface area contributed by atoms with Crippen LogP contribution in [0.15, 0.2) is 60.7 Å². The van der Waals surface area contributed by atoms with Gasteiger partial charge in [0.1, 0.15) is 17.5 Å². The van der Waals surface area contributed by atoms with Crippen LogP contribution in [0.1, 0.15) is 22.5 Å². The lowest BCUT2D eigenvalue weighted by molar-refractivity contribution is 0.0913. The Kier molecular flexibility index (Phi) is 4.21. The molecule has 25 heavy (non-hydrogen) atoms. The summed E-state index contributed by atoms with van der Waals surface area (Å²) < 4.78 is 5.95. The van der Waals surface area contributed by atoms with E-state index in [4.69, 9.17) is 4.74 Å². The van der Waals surface area contributed by atoms with Crippen molar-refractivity contribution in [1.29, 1.82) is 0 Å². The van der Waals surface area contributed by atoms with E-state index < -0.39 is 0 Å². The average Bonchev–Trinajstić information content (AvgIpc) is 3.17. The number of benzene rings is 2. The molecule has 1 aliphatic heterocycles. The van der Waals surface area contributed by atoms with E-state index in [1.165, 1.54) is 5.56 Å². The molecule has 2 heterocycles. The summed E-state index contributed by atoms with van der Waals surface area (Å²) in [5, 5.41) is 9.95. The van der Waals surface area contributed by atoms with Gasteiger partial charge in [0.15, 0.2) is 0 Å². The van der Waals surface area contributed by atoms with Gasteiger partial charge in [0.25, 0.3) is 5.91 Å². The Morgan fingerprint density at radius 3 is 2.84 bits per heavy atom. The van der Waals surface area contributed by atoms with Gasteiger partial charge in [-0.15, -0.1) is 0 Å². The predicted octanol–water partition coefficient (Wildman–Crippen LogP) is 3.20. The number of aromatic nitrogens is 2. The van der Waals surface area contributed by atoms with Crippen molar-refractivity contribution in [2.45, 2.75) is 18.9 Å². The maximum Gasteiger partial charge on any atom is 0.269 e. The molecule has 0 fully saturated rings. The summed E-state index contributed by atoms with van der Waals surface area (Å²) in [5.41, 5.74) is 3.42. The number of para-hydroxylation sites is 1. The van der Waals surface area contributed by atoms with E-state index >= 15 is 0 Å². The number of nitrogens with one attached hydrogen (secondary N) is 2. The Labute approximate surface area is 146 Å². The summed E-state index contributed by atoms with van der Waals surface area (Å²) in [5.74, 6) is 0.748. The molecule has 2 aromatic carbocycles. The summed E-state index contributed by atoms with van der Waals surface area (Å²) >= 11 is 0. The van der Waals surface area contributed by atoms with E-state index in [0.717, 1.165) is 29.8 Å². The van der Waals surface area contributed by atoms with Crippen molar-refractivity contribution in [3.63, 3.8) is 0 Å². The molecule has 5 heteroatoms. The largest absolute Gasteiger partial charge is 0.488 e. The molecule has 3 aromatic rings. The number of aromatic amines is 1. The first-order valence-corrected chi connectivity index (χ1v) is 8.43. The molecule has 1 atom stereocenters. The van der Waals surface area contributed by atoms with Gasteiger partial charge < -0.3 is 10.1 Å². The second kappa shape index (κ2) is 6.81. The molecule has 0 unspecified atom stereocenters. The second-order valence-electron chi connectivity index (χ2n) is 6.13. The zero-order valence-corrected chi connectivity index (χ0v) is 13.7. The van der Waals surface area contributed by atoms with Crippen LogP contribution < -0.4 is 10.1 Å². The number of rotatable bonds is 4. The first-order valence-electron chi connectivity index (χ1n) is 8.43. The van der Waals surface area contributed by atoms with E-state index in [1.807, 2.05) is 48.5 Å². The van der Waals surface area contributed by atoms with Crippen molar-refractivity contribution < 1.29 is 9.53 Å². The minimum atomic E-state index is -0.169. The normalized spacial score (nSPS) is 15.9. The fourth-order valence-corrected chi connectivity index (χ4v) is 3.02. The predicted molar refractivity (Wildman–Crippen MR) is 95.5 cm³/mol. The molecule has 0 radical (unpaired) electrons. The lowest BCUT2D eigenvalue weighted by Crippen LogP contribution is -2.37. The Morgan fingerprint density at radius 1 is 1.16 bits per heavy atom. The van der Waals surface area contributed by atoms with Crippen molar-refractivity contribution in [1.82, 2.24) is 15.5 Å². The van der Waals surface area contributed by atoms with E-state index in [-0.39, 0.29) is 12.0 Å². The van der Waals surface area contributed by atoms with Crippen LogP contribution in [-0.4, -0.2) is 28.8 Å². The minimum absolute atomic E-state index is 0.00429. The molecule has 126 valence electrons. The summed E-state index contributed by atoms with van der Waals surface area (Å²) in [6.07, 6.45) is 1.87. The Balaban J connectivity index is 1.36. The number of nitrogens with zero attached hydrogens (tertiary/aromatic N) is 1. The number of aryl methyl sites for hydroxylation is 1. The third-order valence-electron chi connectivity index (χ3n) is 4.38. The number of hydrogen-bond donors (Lipinski definition) is 2. The molecular weight excluding hydrogens is 314 g/mol. The highest BCUT2D eigenvalue weighted by atomic mass is 16.5. The topological polar surface area (TPSA) is 67.0 Å². The van der Waals surface area contributed by atoms with Crippen molar-refractivity contribution in [3.05, 3.63) is 71.9 Å². The number of hydrogen-bond acceptors (Lipinski definition) is 3. The number of H-pyrrole nitrogens is 1. The highest BCUT2D eigenvalue weighted by molar-refractivity contribution is 5.93. The molecule has 0 bridgehead atoms. The van der Waals surface area contributed by atoms with Crippen LogP contribution in [0.25, 0.3) is 11.3 Å². The van der Waals surface area contributed by atoms with Gasteiger partial charge in [-0.1, -0.05) is 48.5 Å². The molecule has 1 amide bonds. The first-order chi connectivity index (χ1) is 12.3. The fourth-order valence-electron chi connectivity index (χ4n) is 3.02. The number of carbonyl (C=O) groups is 1. The van der Waals surface area contributed by atoms with Crippen molar-refractivity contribution in [2.75, 3.05) is 6.54 Å². The van der Waals surface area contributed by atoms with E-state index in [0.29, 0.717) is 12.2 Å². The Bertz CT molecular complexity index is 873. The highest BCUT2D eigenvalue weighted by Gasteiger charge is 2.20. The van der Waals surface area contributed by atoms with E-state index in [1.54, 1.807) is 6.07 Å². The number of fused-ring (bicyclic) bond motifs is 1. The maximum absolute atomic E-state index is 12.3. The minimum Gasteiger partial charge on any atom is -0.488 e. The van der Waals surface area contributed by atoms with Gasteiger partial charge in [0.2, 0.25) is 0 Å². The van der Waals surface area contributed by atoms with Crippen LogP contribution in [0, 0.1) is 0 Å². The monoisotopic (exact) mass is 333 g/mol. The van der Waals surface area contributed by atoms with Crippen LogP contribution in [0.5, 0.6) is 5.75 Å². The molecule has 4 rings (SSSR count). The summed E-state index contributed by atoms with van der Waals surface area (Å²) in [6.45, 7) is 0.479. The van der Waals surface area contributed by atoms with Gasteiger partial charge in [-0.2, -0.15) is 5.10 Å². The van der Waals surface area contributed by atoms with Crippen LogP contribution in [0.2, 0.25) is 0 Å². The van der Waals surface area contributed by atoms with Gasteiger partial charge in [-0.25, -0.2) is 0 Å². The van der Waals surface area contributed by atoms with Gasteiger partial charge in [-0.05, 0) is 30.5 Å². The quantitative estimate of drug-likeness (QED) is 0.770. The Morgan fingerprint density at radius 2 is 1.96 bits per heavy atom. The molecule has 2 N–H and O–H groups in total. The van der Waals surface area contributed by atoms with E-state index in [2.05, 4.69) is 21.6 Å². The summed E-state index contributed by atoms with van der Waals surface area (Å²) in [4.78, 5) is 12.3. The highest BCUT2D eigenvalue weighted by Crippen LogP contribution is 2.26. The first kappa shape index (κ1) is 15.4. The van der Waals surface area contributed by atoms with Crippen molar-refractivity contribution in [3.8, 4) is 17.0 Å². The average molecular weight is 333 g/mol. The molecule has 1 aromatic heterocycles. The standard InChI is InChI=1S/C20H19N3O2/c24-20(18-12-17(22-23-18)14-6-2-1-3-7-14)21-13-16-11-10-15-8-4-5-9-19(15)25-16/h1-9,12,16H,10-11,13H2,(H,21,24)(H,22,23)/t16-/m1/s1. The summed E-state index contributed by atoms with van der Waals surface area (Å²) in [6, 6.07) is 19.6. The van der Waals surface area contributed by atoms with Gasteiger partial charge in [0, 0.05) is 5.56 Å². The third-order valence-corrected chi connectivity index (χ3v) is 4.38. The third kappa shape index (κ3) is 3.40. The number of carbonyl (C=O) groups excluding carboxylic acids is 1. The molecule has 0 saturated carbocycles.